The number of rotatable bonds is 4. The van der Waals surface area contributed by atoms with Crippen LogP contribution in [-0.2, 0) is 13.1 Å². The van der Waals surface area contributed by atoms with Gasteiger partial charge in [-0.05, 0) is 36.6 Å². The van der Waals surface area contributed by atoms with Gasteiger partial charge in [-0.3, -0.25) is 0 Å². The van der Waals surface area contributed by atoms with Crippen molar-refractivity contribution in [2.45, 2.75) is 26.9 Å². The zero-order valence-corrected chi connectivity index (χ0v) is 10.8. The molecule has 0 fully saturated rings. The Morgan fingerprint density at radius 3 is 2.72 bits per heavy atom. The van der Waals surface area contributed by atoms with E-state index in [2.05, 4.69) is 47.3 Å². The first-order valence-corrected chi connectivity index (χ1v) is 6.01. The maximum atomic E-state index is 5.51. The molecule has 0 aliphatic carbocycles. The molecule has 94 valence electrons. The zero-order chi connectivity index (χ0) is 13.0. The summed E-state index contributed by atoms with van der Waals surface area (Å²) in [4.78, 5) is 8.36. The van der Waals surface area contributed by atoms with Gasteiger partial charge < -0.3 is 11.1 Å². The molecule has 0 bridgehead atoms. The van der Waals surface area contributed by atoms with Gasteiger partial charge in [0.15, 0.2) is 0 Å². The number of hydrogen-bond donors (Lipinski definition) is 2. The summed E-state index contributed by atoms with van der Waals surface area (Å²) in [6.45, 7) is 5.35. The van der Waals surface area contributed by atoms with Gasteiger partial charge in [0.2, 0.25) is 0 Å². The lowest BCUT2D eigenvalue weighted by Crippen LogP contribution is -2.07. The molecule has 0 radical (unpaired) electrons. The Balaban J connectivity index is 2.04. The molecule has 3 N–H and O–H groups in total. The standard InChI is InChI=1S/C14H18N4/c1-10-3-4-12(7-11(10)2)9-17-13-5-6-16-14(8-15)18-13/h3-7H,8-9,15H2,1-2H3,(H,16,17,18). The van der Waals surface area contributed by atoms with Crippen LogP contribution in [0.4, 0.5) is 5.82 Å². The normalized spacial score (nSPS) is 10.4. The number of nitrogens with two attached hydrogens (primary N) is 1. The second-order valence-corrected chi connectivity index (χ2v) is 4.33. The average molecular weight is 242 g/mol. The van der Waals surface area contributed by atoms with Crippen LogP contribution in [0.15, 0.2) is 30.5 Å². The van der Waals surface area contributed by atoms with E-state index in [1.54, 1.807) is 6.20 Å². The van der Waals surface area contributed by atoms with Gasteiger partial charge in [0.25, 0.3) is 0 Å². The van der Waals surface area contributed by atoms with Crippen molar-refractivity contribution in [1.29, 1.82) is 0 Å². The van der Waals surface area contributed by atoms with Crippen LogP contribution in [0.25, 0.3) is 0 Å². The van der Waals surface area contributed by atoms with Crippen molar-refractivity contribution in [3.8, 4) is 0 Å². The molecule has 2 aromatic rings. The first kappa shape index (κ1) is 12.5. The smallest absolute Gasteiger partial charge is 0.144 e. The third-order valence-corrected chi connectivity index (χ3v) is 2.93. The number of aryl methyl sites for hydroxylation is 2. The van der Waals surface area contributed by atoms with Crippen molar-refractivity contribution in [2.24, 2.45) is 5.73 Å². The van der Waals surface area contributed by atoms with Gasteiger partial charge in [-0.15, -0.1) is 0 Å². The van der Waals surface area contributed by atoms with Crippen LogP contribution >= 0.6 is 0 Å². The van der Waals surface area contributed by atoms with Gasteiger partial charge in [0, 0.05) is 12.7 Å². The molecule has 4 nitrogen and oxygen atoms in total. The Bertz CT molecular complexity index is 537. The largest absolute Gasteiger partial charge is 0.366 e. The highest BCUT2D eigenvalue weighted by molar-refractivity contribution is 5.36. The van der Waals surface area contributed by atoms with Crippen molar-refractivity contribution in [2.75, 3.05) is 5.32 Å². The highest BCUT2D eigenvalue weighted by Crippen LogP contribution is 2.11. The van der Waals surface area contributed by atoms with Crippen LogP contribution < -0.4 is 11.1 Å². The Morgan fingerprint density at radius 2 is 2.00 bits per heavy atom. The van der Waals surface area contributed by atoms with Crippen molar-refractivity contribution in [1.82, 2.24) is 9.97 Å². The average Bonchev–Trinajstić information content (AvgIpc) is 2.40. The van der Waals surface area contributed by atoms with E-state index in [0.29, 0.717) is 12.4 Å². The second kappa shape index (κ2) is 5.60. The number of anilines is 1. The van der Waals surface area contributed by atoms with Crippen LogP contribution in [-0.4, -0.2) is 9.97 Å². The van der Waals surface area contributed by atoms with Gasteiger partial charge in [-0.25, -0.2) is 9.97 Å². The molecular formula is C14H18N4. The van der Waals surface area contributed by atoms with E-state index in [1.165, 1.54) is 16.7 Å². The zero-order valence-electron chi connectivity index (χ0n) is 10.8. The predicted octanol–water partition coefficient (Wildman–Crippen LogP) is 2.16. The summed E-state index contributed by atoms with van der Waals surface area (Å²) in [6, 6.07) is 8.30. The molecule has 0 spiro atoms. The van der Waals surface area contributed by atoms with Crippen LogP contribution in [0.5, 0.6) is 0 Å². The number of aromatic nitrogens is 2. The summed E-state index contributed by atoms with van der Waals surface area (Å²) >= 11 is 0. The highest BCUT2D eigenvalue weighted by atomic mass is 15.0. The Labute approximate surface area is 107 Å². The summed E-state index contributed by atoms with van der Waals surface area (Å²) in [6.07, 6.45) is 1.72. The lowest BCUT2D eigenvalue weighted by Gasteiger charge is -2.08. The van der Waals surface area contributed by atoms with Crippen LogP contribution in [0, 0.1) is 13.8 Å². The maximum absolute atomic E-state index is 5.51. The molecule has 1 aromatic heterocycles. The van der Waals surface area contributed by atoms with Crippen LogP contribution in [0.3, 0.4) is 0 Å². The molecule has 0 saturated heterocycles. The monoisotopic (exact) mass is 242 g/mol. The van der Waals surface area contributed by atoms with Crippen molar-refractivity contribution >= 4 is 5.82 Å². The first-order chi connectivity index (χ1) is 8.69. The van der Waals surface area contributed by atoms with Gasteiger partial charge in [0.1, 0.15) is 11.6 Å². The first-order valence-electron chi connectivity index (χ1n) is 6.01. The minimum Gasteiger partial charge on any atom is -0.366 e. The molecule has 0 saturated carbocycles. The second-order valence-electron chi connectivity index (χ2n) is 4.33. The number of nitrogens with one attached hydrogen (secondary N) is 1. The molecule has 2 rings (SSSR count). The SMILES string of the molecule is Cc1ccc(CNc2ccnc(CN)n2)cc1C. The van der Waals surface area contributed by atoms with Crippen LogP contribution in [0.2, 0.25) is 0 Å². The molecule has 0 unspecified atom stereocenters. The number of benzene rings is 1. The minimum atomic E-state index is 0.360. The molecule has 4 heteroatoms. The van der Waals surface area contributed by atoms with E-state index in [-0.39, 0.29) is 0 Å². The highest BCUT2D eigenvalue weighted by Gasteiger charge is 1.99. The fourth-order valence-electron chi connectivity index (χ4n) is 1.70. The lowest BCUT2D eigenvalue weighted by molar-refractivity contribution is 0.904. The van der Waals surface area contributed by atoms with Crippen molar-refractivity contribution in [3.63, 3.8) is 0 Å². The molecule has 1 heterocycles. The minimum absolute atomic E-state index is 0.360. The number of hydrogen-bond acceptors (Lipinski definition) is 4. The fourth-order valence-corrected chi connectivity index (χ4v) is 1.70. The molecule has 18 heavy (non-hydrogen) atoms. The van der Waals surface area contributed by atoms with Gasteiger partial charge in [-0.1, -0.05) is 18.2 Å². The van der Waals surface area contributed by atoms with Crippen LogP contribution in [0.1, 0.15) is 22.5 Å². The van der Waals surface area contributed by atoms with Gasteiger partial charge in [-0.2, -0.15) is 0 Å². The summed E-state index contributed by atoms with van der Waals surface area (Å²) < 4.78 is 0. The van der Waals surface area contributed by atoms with E-state index in [9.17, 15) is 0 Å². The van der Waals surface area contributed by atoms with E-state index < -0.39 is 0 Å². The topological polar surface area (TPSA) is 63.8 Å². The van der Waals surface area contributed by atoms with E-state index in [1.807, 2.05) is 6.07 Å². The summed E-state index contributed by atoms with van der Waals surface area (Å²) in [7, 11) is 0. The van der Waals surface area contributed by atoms with E-state index >= 15 is 0 Å². The Kier molecular flexibility index (Phi) is 3.89. The summed E-state index contributed by atoms with van der Waals surface area (Å²) in [5.41, 5.74) is 9.37. The van der Waals surface area contributed by atoms with Crippen molar-refractivity contribution < 1.29 is 0 Å². The quantitative estimate of drug-likeness (QED) is 0.862. The molecule has 0 amide bonds. The summed E-state index contributed by atoms with van der Waals surface area (Å²) in [5.74, 6) is 1.46. The van der Waals surface area contributed by atoms with E-state index in [4.69, 9.17) is 5.73 Å². The Morgan fingerprint density at radius 1 is 1.17 bits per heavy atom. The molecule has 0 aliphatic heterocycles. The maximum Gasteiger partial charge on any atom is 0.144 e. The molecule has 1 aromatic carbocycles. The predicted molar refractivity (Wildman–Crippen MR) is 73.2 cm³/mol. The third kappa shape index (κ3) is 3.05. The van der Waals surface area contributed by atoms with E-state index in [0.717, 1.165) is 12.4 Å². The lowest BCUT2D eigenvalue weighted by atomic mass is 10.1. The fraction of sp³-hybridized carbons (Fsp3) is 0.286. The third-order valence-electron chi connectivity index (χ3n) is 2.93. The molecule has 0 atom stereocenters. The molecular weight excluding hydrogens is 224 g/mol. The summed E-state index contributed by atoms with van der Waals surface area (Å²) in [5, 5.41) is 3.28. The number of nitrogens with zero attached hydrogens (tertiary/aromatic N) is 2. The molecule has 0 aliphatic rings. The van der Waals surface area contributed by atoms with Gasteiger partial charge in [0.05, 0.1) is 6.54 Å². The Hall–Kier alpha value is -1.94. The van der Waals surface area contributed by atoms with Crippen molar-refractivity contribution in [3.05, 3.63) is 53.0 Å². The van der Waals surface area contributed by atoms with Gasteiger partial charge >= 0.3 is 0 Å².